The van der Waals surface area contributed by atoms with Crippen molar-refractivity contribution in [2.45, 2.75) is 31.7 Å². The van der Waals surface area contributed by atoms with E-state index in [0.717, 1.165) is 24.2 Å². The van der Waals surface area contributed by atoms with Gasteiger partial charge in [0.05, 0.1) is 17.9 Å². The zero-order chi connectivity index (χ0) is 16.9. The number of hydrogen-bond donors (Lipinski definition) is 1. The molecule has 3 heterocycles. The third-order valence-electron chi connectivity index (χ3n) is 4.09. The largest absolute Gasteiger partial charge is 0.370 e. The van der Waals surface area contributed by atoms with Crippen LogP contribution in [0.3, 0.4) is 0 Å². The molecular formula is C17H19N5O2. The number of pyridine rings is 1. The molecule has 24 heavy (non-hydrogen) atoms. The Labute approximate surface area is 139 Å². The average molecular weight is 325 g/mol. The van der Waals surface area contributed by atoms with Crippen molar-refractivity contribution in [1.82, 2.24) is 19.9 Å². The predicted octanol–water partition coefficient (Wildman–Crippen LogP) is 1.27. The molecule has 2 N–H and O–H groups in total. The fourth-order valence-corrected chi connectivity index (χ4v) is 2.95. The summed E-state index contributed by atoms with van der Waals surface area (Å²) in [5.41, 5.74) is 7.19. The number of primary amides is 1. The van der Waals surface area contributed by atoms with Crippen molar-refractivity contribution in [3.8, 4) is 0 Å². The maximum atomic E-state index is 12.7. The molecule has 0 radical (unpaired) electrons. The summed E-state index contributed by atoms with van der Waals surface area (Å²) in [6.07, 6.45) is 7.09. The number of aryl methyl sites for hydroxylation is 1. The Kier molecular flexibility index (Phi) is 4.79. The van der Waals surface area contributed by atoms with Crippen LogP contribution in [0.25, 0.3) is 0 Å². The van der Waals surface area contributed by atoms with E-state index >= 15 is 0 Å². The highest BCUT2D eigenvalue weighted by Crippen LogP contribution is 2.31. The molecule has 1 aliphatic heterocycles. The summed E-state index contributed by atoms with van der Waals surface area (Å²) in [6, 6.07) is 5.62. The SMILES string of the molecule is NC(=O)CCc1cccc([C@H]2CCCN2C(=O)c2cnccn2)n1. The standard InChI is InChI=1S/C17H19N5O2/c18-16(23)7-6-12-3-1-4-13(21-12)15-5-2-10-22(15)17(24)14-11-19-8-9-20-14/h1,3-4,8-9,11,15H,2,5-7,10H2,(H2,18,23)/t15-/m1/s1. The first-order chi connectivity index (χ1) is 11.6. The van der Waals surface area contributed by atoms with Crippen LogP contribution in [-0.4, -0.2) is 38.2 Å². The number of carbonyl (C=O) groups excluding carboxylic acids is 2. The first kappa shape index (κ1) is 16.0. The van der Waals surface area contributed by atoms with Crippen molar-refractivity contribution in [2.75, 3.05) is 6.54 Å². The summed E-state index contributed by atoms with van der Waals surface area (Å²) in [4.78, 5) is 38.1. The van der Waals surface area contributed by atoms with E-state index in [2.05, 4.69) is 15.0 Å². The second kappa shape index (κ2) is 7.16. The van der Waals surface area contributed by atoms with Gasteiger partial charge in [-0.2, -0.15) is 0 Å². The fraction of sp³-hybridized carbons (Fsp3) is 0.353. The summed E-state index contributed by atoms with van der Waals surface area (Å²) in [5.74, 6) is -0.475. The zero-order valence-corrected chi connectivity index (χ0v) is 13.3. The first-order valence-electron chi connectivity index (χ1n) is 7.96. The summed E-state index contributed by atoms with van der Waals surface area (Å²) >= 11 is 0. The maximum absolute atomic E-state index is 12.7. The number of hydrogen-bond acceptors (Lipinski definition) is 5. The van der Waals surface area contributed by atoms with E-state index in [4.69, 9.17) is 5.73 Å². The average Bonchev–Trinajstić information content (AvgIpc) is 3.10. The van der Waals surface area contributed by atoms with Gasteiger partial charge in [-0.3, -0.25) is 19.6 Å². The Balaban J connectivity index is 1.79. The Bertz CT molecular complexity index is 735. The molecule has 0 aliphatic carbocycles. The number of likely N-dealkylation sites (tertiary alicyclic amines) is 1. The van der Waals surface area contributed by atoms with Crippen LogP contribution < -0.4 is 5.73 Å². The van der Waals surface area contributed by atoms with Gasteiger partial charge in [-0.15, -0.1) is 0 Å². The van der Waals surface area contributed by atoms with Gasteiger partial charge >= 0.3 is 0 Å². The van der Waals surface area contributed by atoms with Crippen LogP contribution in [0.1, 0.15) is 47.2 Å². The van der Waals surface area contributed by atoms with Crippen LogP contribution >= 0.6 is 0 Å². The molecule has 7 heteroatoms. The lowest BCUT2D eigenvalue weighted by Crippen LogP contribution is -2.31. The minimum absolute atomic E-state index is 0.0759. The lowest BCUT2D eigenvalue weighted by atomic mass is 10.1. The molecule has 2 aromatic heterocycles. The topological polar surface area (TPSA) is 102 Å². The van der Waals surface area contributed by atoms with Crippen molar-refractivity contribution < 1.29 is 9.59 Å². The normalized spacial score (nSPS) is 17.0. The highest BCUT2D eigenvalue weighted by molar-refractivity contribution is 5.92. The Morgan fingerprint density at radius 2 is 2.17 bits per heavy atom. The molecule has 0 saturated carbocycles. The quantitative estimate of drug-likeness (QED) is 0.892. The molecule has 124 valence electrons. The summed E-state index contributed by atoms with van der Waals surface area (Å²) < 4.78 is 0. The third-order valence-corrected chi connectivity index (χ3v) is 4.09. The highest BCUT2D eigenvalue weighted by Gasteiger charge is 2.32. The molecular weight excluding hydrogens is 306 g/mol. The van der Waals surface area contributed by atoms with Crippen LogP contribution in [0.15, 0.2) is 36.8 Å². The van der Waals surface area contributed by atoms with Gasteiger partial charge in [0.2, 0.25) is 5.91 Å². The number of carbonyl (C=O) groups is 2. The minimum atomic E-state index is -0.345. The van der Waals surface area contributed by atoms with Crippen LogP contribution in [0, 0.1) is 0 Å². The van der Waals surface area contributed by atoms with Crippen molar-refractivity contribution in [3.05, 3.63) is 53.9 Å². The van der Waals surface area contributed by atoms with Crippen LogP contribution in [0.5, 0.6) is 0 Å². The minimum Gasteiger partial charge on any atom is -0.370 e. The lowest BCUT2D eigenvalue weighted by Gasteiger charge is -2.24. The molecule has 1 saturated heterocycles. The second-order valence-corrected chi connectivity index (χ2v) is 5.77. The number of nitrogens with two attached hydrogens (primary N) is 1. The van der Waals surface area contributed by atoms with Crippen molar-refractivity contribution in [3.63, 3.8) is 0 Å². The van der Waals surface area contributed by atoms with Crippen LogP contribution in [-0.2, 0) is 11.2 Å². The van der Waals surface area contributed by atoms with E-state index in [1.165, 1.54) is 12.4 Å². The maximum Gasteiger partial charge on any atom is 0.274 e. The molecule has 3 rings (SSSR count). The van der Waals surface area contributed by atoms with E-state index in [9.17, 15) is 9.59 Å². The third kappa shape index (κ3) is 3.56. The molecule has 0 bridgehead atoms. The van der Waals surface area contributed by atoms with Gasteiger partial charge in [-0.1, -0.05) is 6.07 Å². The summed E-state index contributed by atoms with van der Waals surface area (Å²) in [6.45, 7) is 0.674. The van der Waals surface area contributed by atoms with Crippen LogP contribution in [0.2, 0.25) is 0 Å². The summed E-state index contributed by atoms with van der Waals surface area (Å²) in [5, 5.41) is 0. The van der Waals surface area contributed by atoms with Gasteiger partial charge in [-0.05, 0) is 31.4 Å². The van der Waals surface area contributed by atoms with Crippen LogP contribution in [0.4, 0.5) is 0 Å². The number of amides is 2. The summed E-state index contributed by atoms with van der Waals surface area (Å²) in [7, 11) is 0. The number of aromatic nitrogens is 3. The van der Waals surface area contributed by atoms with Gasteiger partial charge in [0.25, 0.3) is 5.91 Å². The molecule has 2 amide bonds. The fourth-order valence-electron chi connectivity index (χ4n) is 2.95. The molecule has 1 aliphatic rings. The molecule has 2 aromatic rings. The first-order valence-corrected chi connectivity index (χ1v) is 7.96. The van der Waals surface area contributed by atoms with E-state index in [-0.39, 0.29) is 24.3 Å². The van der Waals surface area contributed by atoms with Crippen molar-refractivity contribution in [2.24, 2.45) is 5.73 Å². The van der Waals surface area contributed by atoms with E-state index in [0.29, 0.717) is 18.7 Å². The van der Waals surface area contributed by atoms with Crippen molar-refractivity contribution in [1.29, 1.82) is 0 Å². The second-order valence-electron chi connectivity index (χ2n) is 5.77. The van der Waals surface area contributed by atoms with E-state index in [1.807, 2.05) is 18.2 Å². The molecule has 0 unspecified atom stereocenters. The predicted molar refractivity (Wildman–Crippen MR) is 86.8 cm³/mol. The number of nitrogens with zero attached hydrogens (tertiary/aromatic N) is 4. The van der Waals surface area contributed by atoms with Gasteiger partial charge in [-0.25, -0.2) is 4.98 Å². The molecule has 0 spiro atoms. The molecule has 1 fully saturated rings. The number of rotatable bonds is 5. The van der Waals surface area contributed by atoms with E-state index in [1.54, 1.807) is 11.1 Å². The Morgan fingerprint density at radius 3 is 2.92 bits per heavy atom. The zero-order valence-electron chi connectivity index (χ0n) is 13.3. The Hall–Kier alpha value is -2.83. The van der Waals surface area contributed by atoms with Gasteiger partial charge < -0.3 is 10.6 Å². The molecule has 7 nitrogen and oxygen atoms in total. The monoisotopic (exact) mass is 325 g/mol. The molecule has 1 atom stereocenters. The Morgan fingerprint density at radius 1 is 1.29 bits per heavy atom. The highest BCUT2D eigenvalue weighted by atomic mass is 16.2. The van der Waals surface area contributed by atoms with Gasteiger partial charge in [0.1, 0.15) is 5.69 Å². The van der Waals surface area contributed by atoms with Gasteiger partial charge in [0.15, 0.2) is 0 Å². The molecule has 0 aromatic carbocycles. The smallest absolute Gasteiger partial charge is 0.274 e. The lowest BCUT2D eigenvalue weighted by molar-refractivity contribution is -0.118. The van der Waals surface area contributed by atoms with Gasteiger partial charge in [0, 0.05) is 31.1 Å². The van der Waals surface area contributed by atoms with Crippen molar-refractivity contribution >= 4 is 11.8 Å². The van der Waals surface area contributed by atoms with E-state index < -0.39 is 0 Å².